The van der Waals surface area contributed by atoms with Gasteiger partial charge in [0.25, 0.3) is 0 Å². The quantitative estimate of drug-likeness (QED) is 0.867. The lowest BCUT2D eigenvalue weighted by Crippen LogP contribution is -2.43. The van der Waals surface area contributed by atoms with Crippen molar-refractivity contribution in [3.05, 3.63) is 35.9 Å². The Morgan fingerprint density at radius 1 is 1.43 bits per heavy atom. The number of carbonyl (C=O) groups excluding carboxylic acids is 1. The zero-order valence-electron chi connectivity index (χ0n) is 12.6. The van der Waals surface area contributed by atoms with Gasteiger partial charge in [-0.15, -0.1) is 0 Å². The number of hydrogen-bond acceptors (Lipinski definition) is 4. The normalized spacial score (nSPS) is 18.2. The number of aliphatic hydroxyl groups is 1. The van der Waals surface area contributed by atoms with Gasteiger partial charge in [-0.1, -0.05) is 30.3 Å². The highest BCUT2D eigenvalue weighted by Crippen LogP contribution is 2.19. The fourth-order valence-corrected chi connectivity index (χ4v) is 2.69. The van der Waals surface area contributed by atoms with Crippen LogP contribution in [0.15, 0.2) is 30.3 Å². The molecule has 21 heavy (non-hydrogen) atoms. The van der Waals surface area contributed by atoms with Gasteiger partial charge in [0.1, 0.15) is 6.61 Å². The molecule has 5 nitrogen and oxygen atoms in total. The second kappa shape index (κ2) is 8.00. The third kappa shape index (κ3) is 4.72. The van der Waals surface area contributed by atoms with Crippen LogP contribution in [0.5, 0.6) is 0 Å². The molecule has 1 fully saturated rings. The van der Waals surface area contributed by atoms with Crippen LogP contribution in [0, 0.1) is 0 Å². The van der Waals surface area contributed by atoms with Crippen molar-refractivity contribution in [3.8, 4) is 0 Å². The Morgan fingerprint density at radius 2 is 2.19 bits per heavy atom. The van der Waals surface area contributed by atoms with Gasteiger partial charge in [-0.05, 0) is 25.5 Å². The molecular weight excluding hydrogens is 268 g/mol. The average molecular weight is 292 g/mol. The minimum atomic E-state index is -0.237. The van der Waals surface area contributed by atoms with Crippen LogP contribution in [0.25, 0.3) is 0 Å². The molecule has 1 saturated heterocycles. The van der Waals surface area contributed by atoms with Crippen LogP contribution < -0.4 is 0 Å². The van der Waals surface area contributed by atoms with E-state index in [-0.39, 0.29) is 18.7 Å². The lowest BCUT2D eigenvalue weighted by atomic mass is 10.2. The van der Waals surface area contributed by atoms with Gasteiger partial charge in [0.05, 0.1) is 6.61 Å². The molecular formula is C16H24N2O3. The van der Waals surface area contributed by atoms with Gasteiger partial charge in [-0.2, -0.15) is 0 Å². The molecule has 1 N–H and O–H groups in total. The van der Waals surface area contributed by atoms with E-state index in [9.17, 15) is 4.79 Å². The van der Waals surface area contributed by atoms with Gasteiger partial charge >= 0.3 is 6.09 Å². The van der Waals surface area contributed by atoms with Crippen molar-refractivity contribution in [2.24, 2.45) is 0 Å². The van der Waals surface area contributed by atoms with Crippen LogP contribution in [0.4, 0.5) is 4.79 Å². The van der Waals surface area contributed by atoms with E-state index in [1.165, 1.54) is 0 Å². The van der Waals surface area contributed by atoms with Gasteiger partial charge < -0.3 is 19.6 Å². The van der Waals surface area contributed by atoms with Gasteiger partial charge in [-0.3, -0.25) is 0 Å². The number of likely N-dealkylation sites (N-methyl/N-ethyl adjacent to an activating group) is 1. The van der Waals surface area contributed by atoms with Crippen molar-refractivity contribution in [2.75, 3.05) is 33.3 Å². The molecule has 0 saturated carbocycles. The summed E-state index contributed by atoms with van der Waals surface area (Å²) in [5.41, 5.74) is 0.999. The monoisotopic (exact) mass is 292 g/mol. The van der Waals surface area contributed by atoms with Crippen LogP contribution in [0.2, 0.25) is 0 Å². The topological polar surface area (TPSA) is 53.0 Å². The molecule has 0 spiro atoms. The fourth-order valence-electron chi connectivity index (χ4n) is 2.69. The zero-order chi connectivity index (χ0) is 15.1. The standard InChI is InChI=1S/C16H24N2O3/c1-17(10-11-19)12-15-8-5-9-18(15)16(20)21-13-14-6-3-2-4-7-14/h2-4,6-7,15,19H,5,8-13H2,1H3/t15-/m1/s1. The lowest BCUT2D eigenvalue weighted by Gasteiger charge is -2.27. The summed E-state index contributed by atoms with van der Waals surface area (Å²) in [6.07, 6.45) is 1.77. The Labute approximate surface area is 126 Å². The maximum Gasteiger partial charge on any atom is 0.410 e. The van der Waals surface area contributed by atoms with Crippen molar-refractivity contribution in [1.29, 1.82) is 0 Å². The number of likely N-dealkylation sites (tertiary alicyclic amines) is 1. The third-order valence-corrected chi connectivity index (χ3v) is 3.82. The van der Waals surface area contributed by atoms with Crippen molar-refractivity contribution >= 4 is 6.09 Å². The molecule has 116 valence electrons. The highest BCUT2D eigenvalue weighted by Gasteiger charge is 2.30. The van der Waals surface area contributed by atoms with Crippen molar-refractivity contribution in [1.82, 2.24) is 9.80 Å². The molecule has 0 bridgehead atoms. The maximum absolute atomic E-state index is 12.2. The van der Waals surface area contributed by atoms with Gasteiger partial charge in [0, 0.05) is 25.7 Å². The first kappa shape index (κ1) is 15.8. The van der Waals surface area contributed by atoms with Crippen LogP contribution in [-0.2, 0) is 11.3 Å². The number of carbonyl (C=O) groups is 1. The molecule has 1 atom stereocenters. The number of nitrogens with zero attached hydrogens (tertiary/aromatic N) is 2. The first-order chi connectivity index (χ1) is 10.2. The third-order valence-electron chi connectivity index (χ3n) is 3.82. The Bertz CT molecular complexity index is 438. The van der Waals surface area contributed by atoms with Gasteiger partial charge in [0.15, 0.2) is 0 Å². The second-order valence-electron chi connectivity index (χ2n) is 5.52. The predicted molar refractivity (Wildman–Crippen MR) is 80.9 cm³/mol. The predicted octanol–water partition coefficient (Wildman–Crippen LogP) is 1.71. The molecule has 1 aromatic rings. The highest BCUT2D eigenvalue weighted by atomic mass is 16.6. The van der Waals surface area contributed by atoms with Crippen LogP contribution in [0.1, 0.15) is 18.4 Å². The highest BCUT2D eigenvalue weighted by molar-refractivity contribution is 5.68. The van der Waals surface area contributed by atoms with E-state index in [1.807, 2.05) is 47.2 Å². The first-order valence-corrected chi connectivity index (χ1v) is 7.47. The number of benzene rings is 1. The lowest BCUT2D eigenvalue weighted by molar-refractivity contribution is 0.0846. The van der Waals surface area contributed by atoms with E-state index < -0.39 is 0 Å². The molecule has 2 rings (SSSR count). The molecule has 1 aromatic carbocycles. The van der Waals surface area contributed by atoms with E-state index in [0.29, 0.717) is 13.2 Å². The number of amides is 1. The molecule has 1 heterocycles. The van der Waals surface area contributed by atoms with Crippen LogP contribution in [0.3, 0.4) is 0 Å². The van der Waals surface area contributed by atoms with E-state index >= 15 is 0 Å². The molecule has 5 heteroatoms. The van der Waals surface area contributed by atoms with Gasteiger partial charge in [-0.25, -0.2) is 4.79 Å². The zero-order valence-corrected chi connectivity index (χ0v) is 12.6. The Kier molecular flexibility index (Phi) is 6.02. The smallest absolute Gasteiger partial charge is 0.410 e. The number of aliphatic hydroxyl groups excluding tert-OH is 1. The van der Waals surface area contributed by atoms with Crippen LogP contribution >= 0.6 is 0 Å². The van der Waals surface area contributed by atoms with E-state index in [2.05, 4.69) is 0 Å². The molecule has 0 unspecified atom stereocenters. The van der Waals surface area contributed by atoms with Crippen molar-refractivity contribution in [3.63, 3.8) is 0 Å². The molecule has 1 aliphatic heterocycles. The van der Waals surface area contributed by atoms with Gasteiger partial charge in [0.2, 0.25) is 0 Å². The molecule has 1 aliphatic rings. The summed E-state index contributed by atoms with van der Waals surface area (Å²) in [4.78, 5) is 16.1. The number of ether oxygens (including phenoxy) is 1. The summed E-state index contributed by atoms with van der Waals surface area (Å²) in [5, 5.41) is 8.95. The maximum atomic E-state index is 12.2. The van der Waals surface area contributed by atoms with Crippen molar-refractivity contribution < 1.29 is 14.6 Å². The molecule has 0 aromatic heterocycles. The summed E-state index contributed by atoms with van der Waals surface area (Å²) in [6.45, 7) is 2.62. The number of rotatable bonds is 6. The molecule has 0 radical (unpaired) electrons. The van der Waals surface area contributed by atoms with Crippen LogP contribution in [-0.4, -0.2) is 60.3 Å². The second-order valence-corrected chi connectivity index (χ2v) is 5.52. The summed E-state index contributed by atoms with van der Waals surface area (Å²) < 4.78 is 5.40. The Hall–Kier alpha value is -1.59. The Balaban J connectivity index is 1.83. The van der Waals surface area contributed by atoms with E-state index in [1.54, 1.807) is 0 Å². The summed E-state index contributed by atoms with van der Waals surface area (Å²) in [5.74, 6) is 0. The largest absolute Gasteiger partial charge is 0.445 e. The SMILES string of the molecule is CN(CCO)C[C@H]1CCCN1C(=O)OCc1ccccc1. The minimum Gasteiger partial charge on any atom is -0.445 e. The molecule has 0 aliphatic carbocycles. The summed E-state index contributed by atoms with van der Waals surface area (Å²) in [7, 11) is 1.96. The minimum absolute atomic E-state index is 0.141. The summed E-state index contributed by atoms with van der Waals surface area (Å²) in [6, 6.07) is 9.90. The Morgan fingerprint density at radius 3 is 2.90 bits per heavy atom. The van der Waals surface area contributed by atoms with Crippen molar-refractivity contribution in [2.45, 2.75) is 25.5 Å². The van der Waals surface area contributed by atoms with E-state index in [4.69, 9.17) is 9.84 Å². The molecule has 1 amide bonds. The fraction of sp³-hybridized carbons (Fsp3) is 0.562. The van der Waals surface area contributed by atoms with E-state index in [0.717, 1.165) is 31.5 Å². The first-order valence-electron chi connectivity index (χ1n) is 7.47. The number of hydrogen-bond donors (Lipinski definition) is 1. The average Bonchev–Trinajstić information content (AvgIpc) is 2.94. The summed E-state index contributed by atoms with van der Waals surface area (Å²) >= 11 is 0.